The Morgan fingerprint density at radius 3 is 2.87 bits per heavy atom. The molecule has 162 valence electrons. The smallest absolute Gasteiger partial charge is 0.322 e. The van der Waals surface area contributed by atoms with Crippen LogP contribution in [0.4, 0.5) is 20.0 Å². The topological polar surface area (TPSA) is 70.6 Å². The van der Waals surface area contributed by atoms with Crippen molar-refractivity contribution >= 4 is 28.4 Å². The van der Waals surface area contributed by atoms with Crippen molar-refractivity contribution in [2.24, 2.45) is 0 Å². The van der Waals surface area contributed by atoms with Crippen LogP contribution in [0.5, 0.6) is 5.75 Å². The van der Waals surface area contributed by atoms with Gasteiger partial charge in [0.1, 0.15) is 17.4 Å². The van der Waals surface area contributed by atoms with Crippen LogP contribution in [0, 0.1) is 5.82 Å². The minimum absolute atomic E-state index is 0.0203. The first kappa shape index (κ1) is 21.0. The number of aromatic nitrogens is 2. The lowest BCUT2D eigenvalue weighted by Gasteiger charge is -2.39. The summed E-state index contributed by atoms with van der Waals surface area (Å²) in [5.74, 6) is 1.21. The summed E-state index contributed by atoms with van der Waals surface area (Å²) in [5.41, 5.74) is 1.54. The number of methoxy groups -OCH3 is 1. The second-order valence-electron chi connectivity index (χ2n) is 7.45. The Labute approximate surface area is 184 Å². The zero-order valence-corrected chi connectivity index (χ0v) is 18.2. The highest BCUT2D eigenvalue weighted by molar-refractivity contribution is 7.09. The summed E-state index contributed by atoms with van der Waals surface area (Å²) >= 11 is 1.37. The quantitative estimate of drug-likeness (QED) is 0.648. The van der Waals surface area contributed by atoms with Crippen molar-refractivity contribution in [2.75, 3.05) is 37.0 Å². The van der Waals surface area contributed by atoms with Crippen LogP contribution in [0.2, 0.25) is 0 Å². The van der Waals surface area contributed by atoms with E-state index in [0.29, 0.717) is 31.7 Å². The minimum atomic E-state index is -0.378. The largest absolute Gasteiger partial charge is 0.497 e. The Kier molecular flexibility index (Phi) is 6.31. The van der Waals surface area contributed by atoms with Crippen LogP contribution in [-0.2, 0) is 6.42 Å². The molecule has 31 heavy (non-hydrogen) atoms. The fraction of sp³-hybridized carbons (Fsp3) is 0.318. The molecule has 7 nitrogen and oxygen atoms in total. The number of nitrogens with zero attached hydrogens (tertiary/aromatic N) is 4. The molecule has 2 aromatic carbocycles. The van der Waals surface area contributed by atoms with Crippen LogP contribution < -0.4 is 15.0 Å². The zero-order valence-electron chi connectivity index (χ0n) is 17.4. The molecule has 1 saturated heterocycles. The number of amides is 2. The Morgan fingerprint density at radius 2 is 2.10 bits per heavy atom. The summed E-state index contributed by atoms with van der Waals surface area (Å²) < 4.78 is 23.1. The monoisotopic (exact) mass is 441 g/mol. The predicted molar refractivity (Wildman–Crippen MR) is 120 cm³/mol. The summed E-state index contributed by atoms with van der Waals surface area (Å²) in [7, 11) is 1.65. The van der Waals surface area contributed by atoms with Crippen LogP contribution >= 0.6 is 11.5 Å². The van der Waals surface area contributed by atoms with E-state index in [1.54, 1.807) is 24.1 Å². The second kappa shape index (κ2) is 9.30. The number of nitrogens with one attached hydrogen (secondary N) is 1. The second-order valence-corrected chi connectivity index (χ2v) is 8.18. The van der Waals surface area contributed by atoms with Crippen molar-refractivity contribution in [3.8, 4) is 5.75 Å². The molecule has 0 radical (unpaired) electrons. The number of ether oxygens (including phenoxy) is 1. The van der Waals surface area contributed by atoms with E-state index in [1.165, 1.54) is 23.7 Å². The molecule has 1 fully saturated rings. The fourth-order valence-electron chi connectivity index (χ4n) is 3.60. The molecule has 0 saturated carbocycles. The maximum Gasteiger partial charge on any atom is 0.322 e. The van der Waals surface area contributed by atoms with Crippen LogP contribution in [0.25, 0.3) is 0 Å². The lowest BCUT2D eigenvalue weighted by molar-refractivity contribution is 0.185. The number of carbonyl (C=O) groups is 1. The van der Waals surface area contributed by atoms with Gasteiger partial charge in [0.15, 0.2) is 0 Å². The van der Waals surface area contributed by atoms with E-state index in [2.05, 4.69) is 14.6 Å². The van der Waals surface area contributed by atoms with Gasteiger partial charge in [0.25, 0.3) is 0 Å². The molecule has 4 rings (SSSR count). The Hall–Kier alpha value is -3.20. The number of urea groups is 1. The molecule has 3 aromatic rings. The first-order valence-electron chi connectivity index (χ1n) is 10.1. The first-order valence-corrected chi connectivity index (χ1v) is 10.8. The molecular weight excluding hydrogens is 417 g/mol. The molecule has 0 aliphatic carbocycles. The van der Waals surface area contributed by atoms with Crippen LogP contribution in [-0.4, -0.2) is 53.1 Å². The number of hydrogen-bond donors (Lipinski definition) is 1. The third-order valence-corrected chi connectivity index (χ3v) is 6.00. The van der Waals surface area contributed by atoms with Gasteiger partial charge >= 0.3 is 6.03 Å². The van der Waals surface area contributed by atoms with Crippen LogP contribution in [0.1, 0.15) is 18.3 Å². The van der Waals surface area contributed by atoms with E-state index in [4.69, 9.17) is 9.72 Å². The lowest BCUT2D eigenvalue weighted by Crippen LogP contribution is -2.55. The number of rotatable bonds is 5. The average molecular weight is 442 g/mol. The van der Waals surface area contributed by atoms with Gasteiger partial charge in [-0.3, -0.25) is 0 Å². The highest BCUT2D eigenvalue weighted by atomic mass is 32.1. The number of hydrogen-bond acceptors (Lipinski definition) is 6. The van der Waals surface area contributed by atoms with Crippen molar-refractivity contribution in [2.45, 2.75) is 19.4 Å². The fourth-order valence-corrected chi connectivity index (χ4v) is 4.32. The molecule has 1 atom stereocenters. The van der Waals surface area contributed by atoms with E-state index in [-0.39, 0.29) is 17.9 Å². The molecule has 1 aromatic heterocycles. The molecule has 2 heterocycles. The van der Waals surface area contributed by atoms with Crippen molar-refractivity contribution in [1.82, 2.24) is 14.3 Å². The number of benzene rings is 2. The molecule has 0 spiro atoms. The summed E-state index contributed by atoms with van der Waals surface area (Å²) in [6, 6.07) is 13.5. The summed E-state index contributed by atoms with van der Waals surface area (Å²) in [4.78, 5) is 21.2. The van der Waals surface area contributed by atoms with Gasteiger partial charge in [-0.25, -0.2) is 14.2 Å². The molecule has 0 bridgehead atoms. The molecule has 1 aliphatic heterocycles. The minimum Gasteiger partial charge on any atom is -0.497 e. The Balaban J connectivity index is 1.36. The van der Waals surface area contributed by atoms with Gasteiger partial charge in [0.2, 0.25) is 5.13 Å². The Bertz CT molecular complexity index is 1060. The van der Waals surface area contributed by atoms with Crippen molar-refractivity contribution in [3.05, 3.63) is 65.7 Å². The standard InChI is InChI=1S/C22H24FN5O2S/c1-15-14-27(9-10-28(15)21(29)24-18-7-4-6-17(23)13-18)22-25-20(26-31-22)12-16-5-3-8-19(11-16)30-2/h3-8,11,13,15H,9-10,12,14H2,1-2H3,(H,24,29). The summed E-state index contributed by atoms with van der Waals surface area (Å²) in [6.07, 6.45) is 0.638. The maximum absolute atomic E-state index is 13.4. The lowest BCUT2D eigenvalue weighted by atomic mass is 10.1. The van der Waals surface area contributed by atoms with E-state index in [0.717, 1.165) is 22.3 Å². The number of anilines is 2. The summed E-state index contributed by atoms with van der Waals surface area (Å²) in [6.45, 7) is 3.86. The van der Waals surface area contributed by atoms with E-state index in [9.17, 15) is 9.18 Å². The van der Waals surface area contributed by atoms with E-state index < -0.39 is 0 Å². The zero-order chi connectivity index (χ0) is 21.8. The molecule has 1 aliphatic rings. The normalized spacial score (nSPS) is 16.3. The molecule has 2 amide bonds. The third-order valence-electron chi connectivity index (χ3n) is 5.19. The van der Waals surface area contributed by atoms with Gasteiger partial charge < -0.3 is 19.9 Å². The van der Waals surface area contributed by atoms with Gasteiger partial charge in [-0.15, -0.1) is 0 Å². The van der Waals surface area contributed by atoms with Gasteiger partial charge in [-0.05, 0) is 42.8 Å². The van der Waals surface area contributed by atoms with Gasteiger partial charge in [0.05, 0.1) is 7.11 Å². The number of carbonyl (C=O) groups excluding carboxylic acids is 1. The maximum atomic E-state index is 13.4. The third kappa shape index (κ3) is 5.11. The van der Waals surface area contributed by atoms with Crippen molar-refractivity contribution in [1.29, 1.82) is 0 Å². The van der Waals surface area contributed by atoms with Gasteiger partial charge in [0, 0.05) is 49.3 Å². The predicted octanol–water partition coefficient (Wildman–Crippen LogP) is 4.02. The van der Waals surface area contributed by atoms with Crippen LogP contribution in [0.15, 0.2) is 48.5 Å². The molecule has 1 N–H and O–H groups in total. The molecule has 9 heteroatoms. The van der Waals surface area contributed by atoms with E-state index in [1.807, 2.05) is 31.2 Å². The van der Waals surface area contributed by atoms with E-state index >= 15 is 0 Å². The SMILES string of the molecule is COc1cccc(Cc2nsc(N3CCN(C(=O)Nc4cccc(F)c4)C(C)C3)n2)c1. The van der Waals surface area contributed by atoms with Crippen molar-refractivity contribution < 1.29 is 13.9 Å². The molecule has 1 unspecified atom stereocenters. The van der Waals surface area contributed by atoms with Crippen molar-refractivity contribution in [3.63, 3.8) is 0 Å². The van der Waals surface area contributed by atoms with Crippen LogP contribution in [0.3, 0.4) is 0 Å². The first-order chi connectivity index (χ1) is 15.0. The number of halogens is 1. The van der Waals surface area contributed by atoms with Gasteiger partial charge in [-0.2, -0.15) is 4.37 Å². The molecular formula is C22H24FN5O2S. The van der Waals surface area contributed by atoms with Gasteiger partial charge in [-0.1, -0.05) is 18.2 Å². The number of piperazine rings is 1. The Morgan fingerprint density at radius 1 is 1.26 bits per heavy atom. The average Bonchev–Trinajstić information content (AvgIpc) is 3.22. The highest BCUT2D eigenvalue weighted by Crippen LogP contribution is 2.24. The summed E-state index contributed by atoms with van der Waals surface area (Å²) in [5, 5.41) is 3.63. The highest BCUT2D eigenvalue weighted by Gasteiger charge is 2.29.